The Labute approximate surface area is 207 Å². The summed E-state index contributed by atoms with van der Waals surface area (Å²) in [7, 11) is 0. The van der Waals surface area contributed by atoms with Crippen molar-refractivity contribution in [1.29, 1.82) is 0 Å². The van der Waals surface area contributed by atoms with E-state index >= 15 is 0 Å². The second-order valence-electron chi connectivity index (χ2n) is 8.42. The van der Waals surface area contributed by atoms with Gasteiger partial charge in [0.15, 0.2) is 0 Å². The number of benzene rings is 3. The van der Waals surface area contributed by atoms with Crippen molar-refractivity contribution in [2.75, 3.05) is 26.2 Å². The molecular formula is C27H26F3N3O3. The summed E-state index contributed by atoms with van der Waals surface area (Å²) in [5, 5.41) is 3.01. The lowest BCUT2D eigenvalue weighted by Crippen LogP contribution is -2.52. The zero-order valence-electron chi connectivity index (χ0n) is 19.4. The van der Waals surface area contributed by atoms with Gasteiger partial charge in [0.05, 0.1) is 0 Å². The molecule has 1 fully saturated rings. The van der Waals surface area contributed by atoms with Crippen LogP contribution >= 0.6 is 0 Å². The fourth-order valence-corrected chi connectivity index (χ4v) is 4.24. The minimum atomic E-state index is -4.83. The summed E-state index contributed by atoms with van der Waals surface area (Å²) in [6.45, 7) is 1.93. The van der Waals surface area contributed by atoms with Crippen molar-refractivity contribution in [1.82, 2.24) is 15.1 Å². The molecule has 0 spiro atoms. The second-order valence-corrected chi connectivity index (χ2v) is 8.42. The molecule has 0 radical (unpaired) electrons. The number of hydrogen-bond acceptors (Lipinski definition) is 4. The number of rotatable bonds is 7. The number of nitrogens with one attached hydrogen (secondary N) is 1. The molecule has 1 aliphatic heterocycles. The van der Waals surface area contributed by atoms with Gasteiger partial charge in [-0.3, -0.25) is 14.5 Å². The summed E-state index contributed by atoms with van der Waals surface area (Å²) in [6, 6.07) is 23.6. The van der Waals surface area contributed by atoms with E-state index in [0.717, 1.165) is 23.3 Å². The molecule has 0 aromatic heterocycles. The number of amides is 2. The molecule has 1 unspecified atom stereocenters. The summed E-state index contributed by atoms with van der Waals surface area (Å²) in [6.07, 6.45) is -4.83. The number of halogens is 3. The molecule has 0 bridgehead atoms. The molecule has 2 amide bonds. The van der Waals surface area contributed by atoms with E-state index < -0.39 is 18.2 Å². The van der Waals surface area contributed by atoms with Gasteiger partial charge in [0, 0.05) is 38.3 Å². The van der Waals surface area contributed by atoms with Crippen LogP contribution in [0.4, 0.5) is 13.2 Å². The predicted octanol–water partition coefficient (Wildman–Crippen LogP) is 4.40. The number of piperazine rings is 1. The van der Waals surface area contributed by atoms with Crippen molar-refractivity contribution in [2.45, 2.75) is 18.9 Å². The number of alkyl halides is 3. The van der Waals surface area contributed by atoms with Gasteiger partial charge in [-0.25, -0.2) is 0 Å². The van der Waals surface area contributed by atoms with Crippen LogP contribution in [0.1, 0.15) is 27.5 Å². The molecule has 1 aliphatic rings. The van der Waals surface area contributed by atoms with Crippen LogP contribution in [0.2, 0.25) is 0 Å². The van der Waals surface area contributed by atoms with Gasteiger partial charge in [0.2, 0.25) is 5.91 Å². The molecule has 0 aliphatic carbocycles. The van der Waals surface area contributed by atoms with Crippen molar-refractivity contribution in [2.24, 2.45) is 0 Å². The molecule has 188 valence electrons. The first-order valence-corrected chi connectivity index (χ1v) is 11.6. The molecule has 1 N–H and O–H groups in total. The van der Waals surface area contributed by atoms with Gasteiger partial charge < -0.3 is 15.0 Å². The molecular weight excluding hydrogens is 471 g/mol. The zero-order chi connectivity index (χ0) is 25.5. The van der Waals surface area contributed by atoms with Crippen LogP contribution in [0, 0.1) is 0 Å². The van der Waals surface area contributed by atoms with Crippen LogP contribution in [0.3, 0.4) is 0 Å². The van der Waals surface area contributed by atoms with E-state index in [4.69, 9.17) is 0 Å². The van der Waals surface area contributed by atoms with Crippen LogP contribution in [-0.2, 0) is 11.3 Å². The van der Waals surface area contributed by atoms with Crippen molar-refractivity contribution < 1.29 is 27.5 Å². The lowest BCUT2D eigenvalue weighted by molar-refractivity contribution is -0.274. The van der Waals surface area contributed by atoms with E-state index in [1.807, 2.05) is 65.6 Å². The topological polar surface area (TPSA) is 61.9 Å². The van der Waals surface area contributed by atoms with Gasteiger partial charge in [-0.1, -0.05) is 66.7 Å². The van der Waals surface area contributed by atoms with Crippen LogP contribution in [-0.4, -0.2) is 54.2 Å². The van der Waals surface area contributed by atoms with Crippen LogP contribution < -0.4 is 10.1 Å². The Bertz CT molecular complexity index is 1160. The maximum Gasteiger partial charge on any atom is 0.573 e. The van der Waals surface area contributed by atoms with E-state index in [2.05, 4.69) is 10.1 Å². The lowest BCUT2D eigenvalue weighted by atomic mass is 10.0. The van der Waals surface area contributed by atoms with Crippen molar-refractivity contribution >= 4 is 11.8 Å². The third kappa shape index (κ3) is 6.63. The number of hydrogen-bond donors (Lipinski definition) is 1. The fourth-order valence-electron chi connectivity index (χ4n) is 4.24. The largest absolute Gasteiger partial charge is 0.573 e. The number of ether oxygens (including phenoxy) is 1. The highest BCUT2D eigenvalue weighted by atomic mass is 19.4. The Balaban J connectivity index is 1.42. The normalized spacial score (nSPS) is 15.2. The fraction of sp³-hybridized carbons (Fsp3) is 0.259. The Hall–Kier alpha value is -3.85. The van der Waals surface area contributed by atoms with Gasteiger partial charge in [-0.2, -0.15) is 0 Å². The average Bonchev–Trinajstić information content (AvgIpc) is 2.88. The third-order valence-corrected chi connectivity index (χ3v) is 5.95. The maximum atomic E-state index is 13.3. The Kier molecular flexibility index (Phi) is 7.90. The summed E-state index contributed by atoms with van der Waals surface area (Å²) in [5.74, 6) is -0.958. The van der Waals surface area contributed by atoms with Crippen molar-refractivity contribution in [3.63, 3.8) is 0 Å². The highest BCUT2D eigenvalue weighted by molar-refractivity contribution is 5.94. The SMILES string of the molecule is O=C(NCc1ccccc1)C(c1ccccc1)N1CCN(C(=O)c2cccc(OC(F)(F)F)c2)CC1. The van der Waals surface area contributed by atoms with Crippen LogP contribution in [0.15, 0.2) is 84.9 Å². The highest BCUT2D eigenvalue weighted by Gasteiger charge is 2.33. The number of nitrogens with zero attached hydrogens (tertiary/aromatic N) is 2. The lowest BCUT2D eigenvalue weighted by Gasteiger charge is -2.38. The minimum Gasteiger partial charge on any atom is -0.406 e. The predicted molar refractivity (Wildman–Crippen MR) is 128 cm³/mol. The first-order chi connectivity index (χ1) is 17.3. The number of carbonyl (C=O) groups is 2. The molecule has 6 nitrogen and oxygen atoms in total. The van der Waals surface area contributed by atoms with E-state index in [-0.39, 0.29) is 17.4 Å². The van der Waals surface area contributed by atoms with E-state index in [0.29, 0.717) is 32.7 Å². The first kappa shape index (κ1) is 25.2. The Morgan fingerprint density at radius 2 is 1.50 bits per heavy atom. The molecule has 3 aromatic rings. The zero-order valence-corrected chi connectivity index (χ0v) is 19.4. The van der Waals surface area contributed by atoms with Crippen molar-refractivity contribution in [3.8, 4) is 5.75 Å². The van der Waals surface area contributed by atoms with Gasteiger partial charge in [-0.15, -0.1) is 13.2 Å². The van der Waals surface area contributed by atoms with Gasteiger partial charge >= 0.3 is 6.36 Å². The quantitative estimate of drug-likeness (QED) is 0.526. The highest BCUT2D eigenvalue weighted by Crippen LogP contribution is 2.26. The molecule has 1 saturated heterocycles. The van der Waals surface area contributed by atoms with Gasteiger partial charge in [-0.05, 0) is 29.3 Å². The minimum absolute atomic E-state index is 0.116. The van der Waals surface area contributed by atoms with Crippen LogP contribution in [0.5, 0.6) is 5.75 Å². The summed E-state index contributed by atoms with van der Waals surface area (Å²) in [4.78, 5) is 29.8. The standard InChI is InChI=1S/C27H26F3N3O3/c28-27(29,30)36-23-13-7-12-22(18-23)26(35)33-16-14-32(15-17-33)24(21-10-5-2-6-11-21)25(34)31-19-20-8-3-1-4-9-20/h1-13,18,24H,14-17,19H2,(H,31,34). The average molecular weight is 498 g/mol. The Morgan fingerprint density at radius 3 is 2.14 bits per heavy atom. The van der Waals surface area contributed by atoms with Crippen LogP contribution in [0.25, 0.3) is 0 Å². The second kappa shape index (κ2) is 11.3. The first-order valence-electron chi connectivity index (χ1n) is 11.6. The summed E-state index contributed by atoms with van der Waals surface area (Å²) >= 11 is 0. The molecule has 1 heterocycles. The molecule has 36 heavy (non-hydrogen) atoms. The molecule has 4 rings (SSSR count). The van der Waals surface area contributed by atoms with Crippen molar-refractivity contribution in [3.05, 3.63) is 102 Å². The van der Waals surface area contributed by atoms with E-state index in [1.165, 1.54) is 12.1 Å². The van der Waals surface area contributed by atoms with E-state index in [1.54, 1.807) is 4.90 Å². The van der Waals surface area contributed by atoms with Gasteiger partial charge in [0.25, 0.3) is 5.91 Å². The monoisotopic (exact) mass is 497 g/mol. The van der Waals surface area contributed by atoms with E-state index in [9.17, 15) is 22.8 Å². The molecule has 0 saturated carbocycles. The summed E-state index contributed by atoms with van der Waals surface area (Å²) in [5.41, 5.74) is 1.95. The molecule has 3 aromatic carbocycles. The summed E-state index contributed by atoms with van der Waals surface area (Å²) < 4.78 is 41.6. The smallest absolute Gasteiger partial charge is 0.406 e. The van der Waals surface area contributed by atoms with Gasteiger partial charge in [0.1, 0.15) is 11.8 Å². The Morgan fingerprint density at radius 1 is 0.861 bits per heavy atom. The third-order valence-electron chi connectivity index (χ3n) is 5.95. The number of carbonyl (C=O) groups excluding carboxylic acids is 2. The molecule has 9 heteroatoms. The maximum absolute atomic E-state index is 13.3. The molecule has 1 atom stereocenters.